The molecule has 1 fully saturated rings. The van der Waals surface area contributed by atoms with Gasteiger partial charge in [0.1, 0.15) is 6.04 Å². The Morgan fingerprint density at radius 2 is 2.42 bits per heavy atom. The lowest BCUT2D eigenvalue weighted by atomic mass is 10.3. The average Bonchev–Trinajstić information content (AvgIpc) is 2.67. The van der Waals surface area contributed by atoms with Crippen molar-refractivity contribution in [2.45, 2.75) is 25.4 Å². The predicted molar refractivity (Wildman–Crippen MR) is 45.6 cm³/mol. The van der Waals surface area contributed by atoms with Gasteiger partial charge in [0.15, 0.2) is 0 Å². The summed E-state index contributed by atoms with van der Waals surface area (Å²) in [6.07, 6.45) is 1.07. The first kappa shape index (κ1) is 9.48. The first-order valence-electron chi connectivity index (χ1n) is 4.20. The van der Waals surface area contributed by atoms with E-state index >= 15 is 0 Å². The van der Waals surface area contributed by atoms with E-state index in [1.165, 1.54) is 7.11 Å². The van der Waals surface area contributed by atoms with Crippen molar-refractivity contribution >= 4 is 5.91 Å². The molecule has 0 spiro atoms. The third-order valence-electron chi connectivity index (χ3n) is 2.12. The number of carbonyl (C=O) groups is 1. The van der Waals surface area contributed by atoms with E-state index in [1.54, 1.807) is 0 Å². The molecule has 12 heavy (non-hydrogen) atoms. The highest BCUT2D eigenvalue weighted by Gasteiger charge is 2.34. The molecule has 1 rings (SSSR count). The molecule has 0 aliphatic heterocycles. The summed E-state index contributed by atoms with van der Waals surface area (Å²) in [6.45, 7) is 2.39. The van der Waals surface area contributed by atoms with Gasteiger partial charge >= 0.3 is 0 Å². The topological polar surface area (TPSA) is 64.3 Å². The summed E-state index contributed by atoms with van der Waals surface area (Å²) in [5.41, 5.74) is 5.51. The van der Waals surface area contributed by atoms with Gasteiger partial charge in [-0.2, -0.15) is 0 Å². The zero-order chi connectivity index (χ0) is 9.14. The minimum absolute atomic E-state index is 0.105. The SMILES string of the molecule is COCC(N)C(=O)NC1CC1C. The van der Waals surface area contributed by atoms with Crippen LogP contribution in [-0.4, -0.2) is 31.7 Å². The molecule has 3 N–H and O–H groups in total. The van der Waals surface area contributed by atoms with Crippen LogP contribution in [0.5, 0.6) is 0 Å². The molecule has 4 nitrogen and oxygen atoms in total. The van der Waals surface area contributed by atoms with Crippen LogP contribution in [0.25, 0.3) is 0 Å². The van der Waals surface area contributed by atoms with Crippen molar-refractivity contribution in [2.24, 2.45) is 11.7 Å². The highest BCUT2D eigenvalue weighted by molar-refractivity contribution is 5.82. The van der Waals surface area contributed by atoms with Gasteiger partial charge in [-0.3, -0.25) is 4.79 Å². The van der Waals surface area contributed by atoms with Gasteiger partial charge < -0.3 is 15.8 Å². The fourth-order valence-electron chi connectivity index (χ4n) is 1.07. The molecule has 0 radical (unpaired) electrons. The Morgan fingerprint density at radius 1 is 1.83 bits per heavy atom. The Morgan fingerprint density at radius 3 is 2.83 bits per heavy atom. The van der Waals surface area contributed by atoms with Crippen LogP contribution >= 0.6 is 0 Å². The first-order chi connectivity index (χ1) is 5.65. The monoisotopic (exact) mass is 172 g/mol. The van der Waals surface area contributed by atoms with Gasteiger partial charge in [-0.1, -0.05) is 6.92 Å². The molecule has 0 saturated heterocycles. The van der Waals surface area contributed by atoms with E-state index in [1.807, 2.05) is 0 Å². The van der Waals surface area contributed by atoms with E-state index in [9.17, 15) is 4.79 Å². The summed E-state index contributed by atoms with van der Waals surface area (Å²) in [6, 6.07) is -0.178. The van der Waals surface area contributed by atoms with Crippen LogP contribution in [0, 0.1) is 5.92 Å². The van der Waals surface area contributed by atoms with Crippen molar-refractivity contribution in [3.8, 4) is 0 Å². The third-order valence-corrected chi connectivity index (χ3v) is 2.12. The van der Waals surface area contributed by atoms with Crippen molar-refractivity contribution in [2.75, 3.05) is 13.7 Å². The number of carbonyl (C=O) groups excluding carboxylic acids is 1. The van der Waals surface area contributed by atoms with Crippen LogP contribution in [-0.2, 0) is 9.53 Å². The predicted octanol–water partition coefficient (Wildman–Crippen LogP) is -0.515. The molecule has 3 atom stereocenters. The van der Waals surface area contributed by atoms with E-state index in [-0.39, 0.29) is 12.5 Å². The van der Waals surface area contributed by atoms with Gasteiger partial charge in [-0.15, -0.1) is 0 Å². The molecule has 1 saturated carbocycles. The van der Waals surface area contributed by atoms with E-state index in [4.69, 9.17) is 10.5 Å². The molecular weight excluding hydrogens is 156 g/mol. The maximum absolute atomic E-state index is 11.2. The Labute approximate surface area is 72.5 Å². The summed E-state index contributed by atoms with van der Waals surface area (Å²) >= 11 is 0. The zero-order valence-corrected chi connectivity index (χ0v) is 7.54. The van der Waals surface area contributed by atoms with E-state index < -0.39 is 6.04 Å². The molecule has 1 aliphatic rings. The number of nitrogens with one attached hydrogen (secondary N) is 1. The molecule has 70 valence electrons. The lowest BCUT2D eigenvalue weighted by Crippen LogP contribution is -2.44. The maximum atomic E-state index is 11.2. The number of hydrogen-bond acceptors (Lipinski definition) is 3. The molecular formula is C8H16N2O2. The molecule has 0 aromatic rings. The lowest BCUT2D eigenvalue weighted by Gasteiger charge is -2.10. The van der Waals surface area contributed by atoms with Crippen molar-refractivity contribution in [1.82, 2.24) is 5.32 Å². The second-order valence-electron chi connectivity index (χ2n) is 3.39. The second kappa shape index (κ2) is 3.87. The average molecular weight is 172 g/mol. The Kier molecular flexibility index (Phi) is 3.05. The van der Waals surface area contributed by atoms with E-state index in [2.05, 4.69) is 12.2 Å². The third kappa shape index (κ3) is 2.46. The number of methoxy groups -OCH3 is 1. The lowest BCUT2D eigenvalue weighted by molar-refractivity contribution is -0.123. The molecule has 0 aromatic carbocycles. The summed E-state index contributed by atoms with van der Waals surface area (Å²) in [5, 5.41) is 2.84. The van der Waals surface area contributed by atoms with Gasteiger partial charge in [-0.05, 0) is 12.3 Å². The highest BCUT2D eigenvalue weighted by atomic mass is 16.5. The number of amides is 1. The number of rotatable bonds is 4. The van der Waals surface area contributed by atoms with Gasteiger partial charge in [-0.25, -0.2) is 0 Å². The molecule has 3 unspecified atom stereocenters. The molecule has 4 heteroatoms. The number of ether oxygens (including phenoxy) is 1. The van der Waals surface area contributed by atoms with Crippen LogP contribution in [0.15, 0.2) is 0 Å². The zero-order valence-electron chi connectivity index (χ0n) is 7.54. The summed E-state index contributed by atoms with van der Waals surface area (Å²) in [4.78, 5) is 11.2. The Balaban J connectivity index is 2.18. The molecule has 1 amide bonds. The summed E-state index contributed by atoms with van der Waals surface area (Å²) in [5.74, 6) is 0.509. The van der Waals surface area contributed by atoms with Crippen LogP contribution in [0.1, 0.15) is 13.3 Å². The van der Waals surface area contributed by atoms with Crippen LogP contribution in [0.2, 0.25) is 0 Å². The molecule has 1 aliphatic carbocycles. The first-order valence-corrected chi connectivity index (χ1v) is 4.20. The van der Waals surface area contributed by atoms with Gasteiger partial charge in [0, 0.05) is 13.2 Å². The van der Waals surface area contributed by atoms with E-state index in [0.717, 1.165) is 6.42 Å². The van der Waals surface area contributed by atoms with Crippen LogP contribution in [0.3, 0.4) is 0 Å². The largest absolute Gasteiger partial charge is 0.383 e. The quantitative estimate of drug-likeness (QED) is 0.600. The van der Waals surface area contributed by atoms with Crippen LogP contribution < -0.4 is 11.1 Å². The Hall–Kier alpha value is -0.610. The van der Waals surface area contributed by atoms with Crippen molar-refractivity contribution in [3.63, 3.8) is 0 Å². The Bertz CT molecular complexity index is 172. The fourth-order valence-corrected chi connectivity index (χ4v) is 1.07. The van der Waals surface area contributed by atoms with Crippen molar-refractivity contribution in [1.29, 1.82) is 0 Å². The second-order valence-corrected chi connectivity index (χ2v) is 3.39. The summed E-state index contributed by atoms with van der Waals surface area (Å²) < 4.78 is 4.77. The molecule has 0 heterocycles. The normalized spacial score (nSPS) is 29.6. The van der Waals surface area contributed by atoms with Gasteiger partial charge in [0.25, 0.3) is 0 Å². The van der Waals surface area contributed by atoms with Gasteiger partial charge in [0.05, 0.1) is 6.61 Å². The van der Waals surface area contributed by atoms with Crippen LogP contribution in [0.4, 0.5) is 0 Å². The smallest absolute Gasteiger partial charge is 0.239 e. The summed E-state index contributed by atoms with van der Waals surface area (Å²) in [7, 11) is 1.53. The molecule has 0 aromatic heterocycles. The van der Waals surface area contributed by atoms with Gasteiger partial charge in [0.2, 0.25) is 5.91 Å². The number of nitrogens with two attached hydrogens (primary N) is 1. The maximum Gasteiger partial charge on any atom is 0.239 e. The van der Waals surface area contributed by atoms with Crippen molar-refractivity contribution in [3.05, 3.63) is 0 Å². The minimum atomic E-state index is -0.525. The minimum Gasteiger partial charge on any atom is -0.383 e. The van der Waals surface area contributed by atoms with Crippen molar-refractivity contribution < 1.29 is 9.53 Å². The fraction of sp³-hybridized carbons (Fsp3) is 0.875. The molecule has 0 bridgehead atoms. The highest BCUT2D eigenvalue weighted by Crippen LogP contribution is 2.28. The number of hydrogen-bond donors (Lipinski definition) is 2. The van der Waals surface area contributed by atoms with E-state index in [0.29, 0.717) is 12.0 Å². The standard InChI is InChI=1S/C8H16N2O2/c1-5-3-7(5)10-8(11)6(9)4-12-2/h5-7H,3-4,9H2,1-2H3,(H,10,11).